The van der Waals surface area contributed by atoms with E-state index >= 15 is 0 Å². The molecular weight excluding hydrogens is 234 g/mol. The van der Waals surface area contributed by atoms with Crippen LogP contribution in [0.2, 0.25) is 0 Å². The van der Waals surface area contributed by atoms with Crippen molar-refractivity contribution in [2.24, 2.45) is 0 Å². The van der Waals surface area contributed by atoms with E-state index in [9.17, 15) is 0 Å². The molecular formula is C12H15N3OS. The summed E-state index contributed by atoms with van der Waals surface area (Å²) < 4.78 is 5.27. The van der Waals surface area contributed by atoms with Crippen molar-refractivity contribution in [3.8, 4) is 0 Å². The summed E-state index contributed by atoms with van der Waals surface area (Å²) in [6.45, 7) is 4.05. The van der Waals surface area contributed by atoms with Gasteiger partial charge in [0.15, 0.2) is 0 Å². The summed E-state index contributed by atoms with van der Waals surface area (Å²) in [7, 11) is 0. The van der Waals surface area contributed by atoms with Crippen LogP contribution >= 0.6 is 11.8 Å². The fraction of sp³-hybridized carbons (Fsp3) is 0.333. The second kappa shape index (κ2) is 5.23. The number of hydrogen-bond donors (Lipinski definition) is 1. The maximum absolute atomic E-state index is 5.89. The molecule has 0 aliphatic carbocycles. The summed E-state index contributed by atoms with van der Waals surface area (Å²) in [5.74, 6) is 1.47. The van der Waals surface area contributed by atoms with E-state index in [1.54, 1.807) is 18.0 Å². The third kappa shape index (κ3) is 2.61. The highest BCUT2D eigenvalue weighted by Gasteiger charge is 2.12. The highest BCUT2D eigenvalue weighted by molar-refractivity contribution is 7.99. The van der Waals surface area contributed by atoms with E-state index in [0.717, 1.165) is 34.1 Å². The Morgan fingerprint density at radius 2 is 2.24 bits per heavy atom. The van der Waals surface area contributed by atoms with E-state index in [1.807, 2.05) is 13.0 Å². The van der Waals surface area contributed by atoms with Gasteiger partial charge in [0, 0.05) is 5.56 Å². The first-order valence-electron chi connectivity index (χ1n) is 5.53. The summed E-state index contributed by atoms with van der Waals surface area (Å²) >= 11 is 1.58. The Balaban J connectivity index is 2.32. The standard InChI is InChI=1S/C12H15N3OS/c1-3-4-9-11(13)14-7-15-12(9)17-10-5-6-16-8(10)2/h5-7H,3-4H2,1-2H3,(H2,13,14,15). The molecule has 0 fully saturated rings. The number of aryl methyl sites for hydroxylation is 1. The number of nitrogen functional groups attached to an aromatic ring is 1. The Bertz CT molecular complexity index is 510. The molecule has 0 saturated heterocycles. The Morgan fingerprint density at radius 1 is 1.41 bits per heavy atom. The van der Waals surface area contributed by atoms with E-state index in [0.29, 0.717) is 5.82 Å². The van der Waals surface area contributed by atoms with Gasteiger partial charge in [-0.2, -0.15) is 0 Å². The lowest BCUT2D eigenvalue weighted by molar-refractivity contribution is 0.527. The zero-order chi connectivity index (χ0) is 12.3. The molecule has 0 unspecified atom stereocenters. The van der Waals surface area contributed by atoms with Crippen LogP contribution in [0.3, 0.4) is 0 Å². The van der Waals surface area contributed by atoms with Crippen molar-refractivity contribution in [3.05, 3.63) is 30.0 Å². The van der Waals surface area contributed by atoms with Crippen molar-refractivity contribution in [3.63, 3.8) is 0 Å². The fourth-order valence-corrected chi connectivity index (χ4v) is 2.52. The van der Waals surface area contributed by atoms with Crippen LogP contribution in [0.15, 0.2) is 33.0 Å². The molecule has 0 spiro atoms. The second-order valence-corrected chi connectivity index (χ2v) is 4.77. The molecule has 2 N–H and O–H groups in total. The van der Waals surface area contributed by atoms with Gasteiger partial charge >= 0.3 is 0 Å². The number of anilines is 1. The quantitative estimate of drug-likeness (QED) is 0.844. The Hall–Kier alpha value is -1.49. The smallest absolute Gasteiger partial charge is 0.131 e. The van der Waals surface area contributed by atoms with Gasteiger partial charge in [-0.15, -0.1) is 0 Å². The lowest BCUT2D eigenvalue weighted by Gasteiger charge is -2.08. The van der Waals surface area contributed by atoms with Crippen LogP contribution in [0.5, 0.6) is 0 Å². The minimum atomic E-state index is 0.575. The number of rotatable bonds is 4. The highest BCUT2D eigenvalue weighted by atomic mass is 32.2. The molecule has 2 aromatic heterocycles. The maximum atomic E-state index is 5.89. The Labute approximate surface area is 105 Å². The van der Waals surface area contributed by atoms with Crippen LogP contribution in [0.1, 0.15) is 24.7 Å². The molecule has 0 saturated carbocycles. The normalized spacial score (nSPS) is 10.7. The van der Waals surface area contributed by atoms with E-state index in [1.165, 1.54) is 6.33 Å². The zero-order valence-electron chi connectivity index (χ0n) is 9.93. The van der Waals surface area contributed by atoms with E-state index in [-0.39, 0.29) is 0 Å². The first kappa shape index (κ1) is 12.0. The van der Waals surface area contributed by atoms with Crippen molar-refractivity contribution in [2.45, 2.75) is 36.6 Å². The van der Waals surface area contributed by atoms with Crippen LogP contribution in [0.4, 0.5) is 5.82 Å². The first-order valence-corrected chi connectivity index (χ1v) is 6.35. The van der Waals surface area contributed by atoms with Crippen molar-refractivity contribution >= 4 is 17.6 Å². The predicted molar refractivity (Wildman–Crippen MR) is 68.0 cm³/mol. The topological polar surface area (TPSA) is 64.9 Å². The summed E-state index contributed by atoms with van der Waals surface area (Å²) in [5, 5.41) is 0.920. The summed E-state index contributed by atoms with van der Waals surface area (Å²) in [6.07, 6.45) is 5.11. The lowest BCUT2D eigenvalue weighted by Crippen LogP contribution is -2.01. The van der Waals surface area contributed by atoms with Gasteiger partial charge in [-0.05, 0) is 19.4 Å². The molecule has 0 aliphatic heterocycles. The molecule has 2 aromatic rings. The second-order valence-electron chi connectivity index (χ2n) is 3.74. The molecule has 2 heterocycles. The average molecular weight is 249 g/mol. The van der Waals surface area contributed by atoms with Gasteiger partial charge < -0.3 is 10.2 Å². The Morgan fingerprint density at radius 3 is 2.88 bits per heavy atom. The van der Waals surface area contributed by atoms with Gasteiger partial charge in [0.1, 0.15) is 22.9 Å². The van der Waals surface area contributed by atoms with Gasteiger partial charge in [0.05, 0.1) is 11.2 Å². The summed E-state index contributed by atoms with van der Waals surface area (Å²) in [4.78, 5) is 9.41. The molecule has 5 heteroatoms. The van der Waals surface area contributed by atoms with E-state index in [4.69, 9.17) is 10.2 Å². The van der Waals surface area contributed by atoms with Gasteiger partial charge in [-0.1, -0.05) is 25.1 Å². The van der Waals surface area contributed by atoms with E-state index in [2.05, 4.69) is 16.9 Å². The van der Waals surface area contributed by atoms with E-state index < -0.39 is 0 Å². The highest BCUT2D eigenvalue weighted by Crippen LogP contribution is 2.33. The molecule has 0 bridgehead atoms. The van der Waals surface area contributed by atoms with Gasteiger partial charge in [-0.25, -0.2) is 9.97 Å². The van der Waals surface area contributed by atoms with Crippen LogP contribution < -0.4 is 5.73 Å². The van der Waals surface area contributed by atoms with Crippen molar-refractivity contribution < 1.29 is 4.42 Å². The van der Waals surface area contributed by atoms with Crippen molar-refractivity contribution in [2.75, 3.05) is 5.73 Å². The molecule has 0 aliphatic rings. The Kier molecular flexibility index (Phi) is 3.68. The van der Waals surface area contributed by atoms with Crippen LogP contribution in [-0.2, 0) is 6.42 Å². The number of nitrogens with zero attached hydrogens (tertiary/aromatic N) is 2. The molecule has 17 heavy (non-hydrogen) atoms. The number of aromatic nitrogens is 2. The van der Waals surface area contributed by atoms with Gasteiger partial charge in [0.25, 0.3) is 0 Å². The summed E-state index contributed by atoms with van der Waals surface area (Å²) in [6, 6.07) is 1.94. The third-order valence-electron chi connectivity index (χ3n) is 2.46. The average Bonchev–Trinajstić information content (AvgIpc) is 2.70. The first-order chi connectivity index (χ1) is 8.22. The number of furan rings is 1. The molecule has 0 aromatic carbocycles. The molecule has 0 amide bonds. The van der Waals surface area contributed by atoms with Crippen LogP contribution in [-0.4, -0.2) is 9.97 Å². The summed E-state index contributed by atoms with van der Waals surface area (Å²) in [5.41, 5.74) is 6.91. The SMILES string of the molecule is CCCc1c(N)ncnc1Sc1ccoc1C. The number of nitrogens with two attached hydrogens (primary N) is 1. The van der Waals surface area contributed by atoms with Crippen molar-refractivity contribution in [1.82, 2.24) is 9.97 Å². The number of hydrogen-bond acceptors (Lipinski definition) is 5. The third-order valence-corrected chi connectivity index (χ3v) is 3.65. The molecule has 0 atom stereocenters. The minimum Gasteiger partial charge on any atom is -0.468 e. The maximum Gasteiger partial charge on any atom is 0.131 e. The van der Waals surface area contributed by atoms with Gasteiger partial charge in [-0.3, -0.25) is 0 Å². The minimum absolute atomic E-state index is 0.575. The van der Waals surface area contributed by atoms with Gasteiger partial charge in [0.2, 0.25) is 0 Å². The van der Waals surface area contributed by atoms with Crippen LogP contribution in [0.25, 0.3) is 0 Å². The van der Waals surface area contributed by atoms with Crippen molar-refractivity contribution in [1.29, 1.82) is 0 Å². The molecule has 0 radical (unpaired) electrons. The zero-order valence-corrected chi connectivity index (χ0v) is 10.8. The fourth-order valence-electron chi connectivity index (χ4n) is 1.57. The monoisotopic (exact) mass is 249 g/mol. The molecule has 90 valence electrons. The van der Waals surface area contributed by atoms with Crippen LogP contribution in [0, 0.1) is 6.92 Å². The predicted octanol–water partition coefficient (Wildman–Crippen LogP) is 3.06. The largest absolute Gasteiger partial charge is 0.468 e. The molecule has 2 rings (SSSR count). The lowest BCUT2D eigenvalue weighted by atomic mass is 10.2. The molecule has 4 nitrogen and oxygen atoms in total.